The van der Waals surface area contributed by atoms with Gasteiger partial charge in [-0.1, -0.05) is 48.5 Å². The highest BCUT2D eigenvalue weighted by atomic mass is 16.5. The topological polar surface area (TPSA) is 60.5 Å². The molecule has 1 amide bonds. The second kappa shape index (κ2) is 10.7. The van der Waals surface area contributed by atoms with Crippen LogP contribution in [0.5, 0.6) is 5.75 Å². The molecule has 1 heterocycles. The van der Waals surface area contributed by atoms with Gasteiger partial charge in [-0.15, -0.1) is 0 Å². The molecular formula is C30H30N2O3. The molecule has 0 bridgehead atoms. The van der Waals surface area contributed by atoms with Gasteiger partial charge in [-0.05, 0) is 68.1 Å². The molecule has 5 rings (SSSR count). The van der Waals surface area contributed by atoms with Gasteiger partial charge in [0.25, 0.3) is 5.91 Å². The van der Waals surface area contributed by atoms with Crippen LogP contribution in [-0.2, 0) is 11.3 Å². The lowest BCUT2D eigenvalue weighted by atomic mass is 10.0. The number of nitrogens with zero attached hydrogens (tertiary/aromatic N) is 1. The molecule has 2 atom stereocenters. The first-order valence-electron chi connectivity index (χ1n) is 12.3. The number of carbonyl (C=O) groups is 1. The number of para-hydroxylation sites is 1. The van der Waals surface area contributed by atoms with E-state index in [4.69, 9.17) is 14.5 Å². The molecule has 5 heteroatoms. The van der Waals surface area contributed by atoms with Crippen molar-refractivity contribution in [1.82, 2.24) is 10.3 Å². The standard InChI is InChI=1S/C30H30N2O3/c1-2-34-23-17-15-22(16-18-23)28-19-25(24-11-6-7-12-26(24)31-28)30(33)32-27-13-8-14-29(27)35-20-21-9-4-3-5-10-21/h3-7,9-12,15-19,27,29H,2,8,13-14,20H2,1H3,(H,32,33)/t27-,29-/m0/s1. The lowest BCUT2D eigenvalue weighted by molar-refractivity contribution is 0.0272. The molecule has 5 nitrogen and oxygen atoms in total. The van der Waals surface area contributed by atoms with Gasteiger partial charge in [0.15, 0.2) is 0 Å². The summed E-state index contributed by atoms with van der Waals surface area (Å²) in [4.78, 5) is 18.4. The predicted octanol–water partition coefficient (Wildman–Crippen LogP) is 6.17. The fraction of sp³-hybridized carbons (Fsp3) is 0.267. The van der Waals surface area contributed by atoms with Crippen molar-refractivity contribution in [3.05, 3.63) is 96.1 Å². The predicted molar refractivity (Wildman–Crippen MR) is 138 cm³/mol. The van der Waals surface area contributed by atoms with Crippen LogP contribution in [-0.4, -0.2) is 29.6 Å². The first-order chi connectivity index (χ1) is 17.2. The lowest BCUT2D eigenvalue weighted by Crippen LogP contribution is -2.41. The number of nitrogens with one attached hydrogen (secondary N) is 1. The van der Waals surface area contributed by atoms with Crippen LogP contribution >= 0.6 is 0 Å². The van der Waals surface area contributed by atoms with Crippen molar-refractivity contribution in [2.45, 2.75) is 44.9 Å². The number of hydrogen-bond acceptors (Lipinski definition) is 4. The highest BCUT2D eigenvalue weighted by molar-refractivity contribution is 6.07. The highest BCUT2D eigenvalue weighted by Gasteiger charge is 2.30. The number of rotatable bonds is 8. The minimum Gasteiger partial charge on any atom is -0.494 e. The van der Waals surface area contributed by atoms with Gasteiger partial charge in [0.1, 0.15) is 5.75 Å². The number of benzene rings is 3. The Bertz CT molecular complexity index is 1290. The van der Waals surface area contributed by atoms with Crippen LogP contribution in [0.4, 0.5) is 0 Å². The first kappa shape index (κ1) is 23.1. The van der Waals surface area contributed by atoms with Crippen LogP contribution < -0.4 is 10.1 Å². The SMILES string of the molecule is CCOc1ccc(-c2cc(C(=O)N[C@H]3CCC[C@@H]3OCc3ccccc3)c3ccccc3n2)cc1. The van der Waals surface area contributed by atoms with Crippen molar-refractivity contribution in [3.63, 3.8) is 0 Å². The summed E-state index contributed by atoms with van der Waals surface area (Å²) in [5.41, 5.74) is 4.28. The average molecular weight is 467 g/mol. The summed E-state index contributed by atoms with van der Waals surface area (Å²) in [7, 11) is 0. The third-order valence-corrected chi connectivity index (χ3v) is 6.50. The number of amides is 1. The van der Waals surface area contributed by atoms with Crippen molar-refractivity contribution in [2.24, 2.45) is 0 Å². The molecule has 35 heavy (non-hydrogen) atoms. The van der Waals surface area contributed by atoms with E-state index in [0.717, 1.165) is 52.7 Å². The van der Waals surface area contributed by atoms with Crippen molar-refractivity contribution in [1.29, 1.82) is 0 Å². The number of pyridine rings is 1. The van der Waals surface area contributed by atoms with Crippen LogP contribution in [0.25, 0.3) is 22.2 Å². The molecule has 0 saturated heterocycles. The maximum atomic E-state index is 13.5. The van der Waals surface area contributed by atoms with Crippen molar-refractivity contribution in [2.75, 3.05) is 6.61 Å². The van der Waals surface area contributed by atoms with Crippen LogP contribution in [0.3, 0.4) is 0 Å². The summed E-state index contributed by atoms with van der Waals surface area (Å²) in [6, 6.07) is 27.7. The second-order valence-corrected chi connectivity index (χ2v) is 8.88. The number of ether oxygens (including phenoxy) is 2. The highest BCUT2D eigenvalue weighted by Crippen LogP contribution is 2.28. The summed E-state index contributed by atoms with van der Waals surface area (Å²) in [5.74, 6) is 0.730. The number of carbonyl (C=O) groups excluding carboxylic acids is 1. The molecule has 1 aliphatic carbocycles. The summed E-state index contributed by atoms with van der Waals surface area (Å²) < 4.78 is 11.8. The third kappa shape index (κ3) is 5.36. The van der Waals surface area contributed by atoms with E-state index in [1.54, 1.807) is 0 Å². The quantitative estimate of drug-likeness (QED) is 0.337. The fourth-order valence-electron chi connectivity index (χ4n) is 4.71. The van der Waals surface area contributed by atoms with Crippen molar-refractivity contribution in [3.8, 4) is 17.0 Å². The van der Waals surface area contributed by atoms with E-state index in [9.17, 15) is 4.79 Å². The van der Waals surface area contributed by atoms with E-state index in [1.807, 2.05) is 79.7 Å². The number of hydrogen-bond donors (Lipinski definition) is 1. The van der Waals surface area contributed by atoms with Gasteiger partial charge in [0, 0.05) is 10.9 Å². The van der Waals surface area contributed by atoms with Gasteiger partial charge < -0.3 is 14.8 Å². The summed E-state index contributed by atoms with van der Waals surface area (Å²) in [6.07, 6.45) is 2.92. The van der Waals surface area contributed by atoms with Crippen molar-refractivity contribution < 1.29 is 14.3 Å². The van der Waals surface area contributed by atoms with Gasteiger partial charge in [-0.2, -0.15) is 0 Å². The molecule has 0 unspecified atom stereocenters. The fourth-order valence-corrected chi connectivity index (χ4v) is 4.71. The van der Waals surface area contributed by atoms with E-state index >= 15 is 0 Å². The zero-order valence-electron chi connectivity index (χ0n) is 19.9. The molecule has 1 fully saturated rings. The van der Waals surface area contributed by atoms with E-state index < -0.39 is 0 Å². The Morgan fingerprint density at radius 2 is 1.74 bits per heavy atom. The van der Waals surface area contributed by atoms with Gasteiger partial charge in [-0.25, -0.2) is 4.98 Å². The van der Waals surface area contributed by atoms with Crippen molar-refractivity contribution >= 4 is 16.8 Å². The molecule has 1 saturated carbocycles. The lowest BCUT2D eigenvalue weighted by Gasteiger charge is -2.22. The molecule has 0 radical (unpaired) electrons. The van der Waals surface area contributed by atoms with Gasteiger partial charge in [0.05, 0.1) is 42.1 Å². The molecular weight excluding hydrogens is 436 g/mol. The monoisotopic (exact) mass is 466 g/mol. The number of aromatic nitrogens is 1. The van der Waals surface area contributed by atoms with E-state index in [1.165, 1.54) is 0 Å². The van der Waals surface area contributed by atoms with E-state index in [0.29, 0.717) is 18.8 Å². The maximum absolute atomic E-state index is 13.5. The largest absolute Gasteiger partial charge is 0.494 e. The molecule has 1 N–H and O–H groups in total. The van der Waals surface area contributed by atoms with Crippen LogP contribution in [0, 0.1) is 0 Å². The summed E-state index contributed by atoms with van der Waals surface area (Å²) >= 11 is 0. The molecule has 4 aromatic rings. The Labute approximate surface area is 206 Å². The van der Waals surface area contributed by atoms with Gasteiger partial charge >= 0.3 is 0 Å². The van der Waals surface area contributed by atoms with Crippen LogP contribution in [0.2, 0.25) is 0 Å². The minimum atomic E-state index is -0.0870. The Morgan fingerprint density at radius 1 is 0.971 bits per heavy atom. The smallest absolute Gasteiger partial charge is 0.252 e. The summed E-state index contributed by atoms with van der Waals surface area (Å²) in [6.45, 7) is 3.14. The normalized spacial score (nSPS) is 17.4. The minimum absolute atomic E-state index is 0.00735. The average Bonchev–Trinajstić information content (AvgIpc) is 3.34. The van der Waals surface area contributed by atoms with Crippen LogP contribution in [0.15, 0.2) is 84.9 Å². The maximum Gasteiger partial charge on any atom is 0.252 e. The zero-order valence-corrected chi connectivity index (χ0v) is 19.9. The van der Waals surface area contributed by atoms with Crippen LogP contribution in [0.1, 0.15) is 42.1 Å². The zero-order chi connectivity index (χ0) is 24.0. The molecule has 178 valence electrons. The Kier molecular flexibility index (Phi) is 7.05. The molecule has 0 aliphatic heterocycles. The Hall–Kier alpha value is -3.70. The van der Waals surface area contributed by atoms with E-state index in [-0.39, 0.29) is 18.1 Å². The first-order valence-corrected chi connectivity index (χ1v) is 12.3. The van der Waals surface area contributed by atoms with E-state index in [2.05, 4.69) is 17.4 Å². The molecule has 1 aliphatic rings. The molecule has 1 aromatic heterocycles. The Morgan fingerprint density at radius 3 is 2.54 bits per heavy atom. The van der Waals surface area contributed by atoms with Gasteiger partial charge in [0.2, 0.25) is 0 Å². The molecule has 0 spiro atoms. The molecule has 3 aromatic carbocycles. The Balaban J connectivity index is 1.37. The van der Waals surface area contributed by atoms with Gasteiger partial charge in [-0.3, -0.25) is 4.79 Å². The third-order valence-electron chi connectivity index (χ3n) is 6.50. The number of fused-ring (bicyclic) bond motifs is 1. The second-order valence-electron chi connectivity index (χ2n) is 8.88. The summed E-state index contributed by atoms with van der Waals surface area (Å²) in [5, 5.41) is 4.11.